The smallest absolute Gasteiger partial charge is 0.0410 e. The van der Waals surface area contributed by atoms with Crippen LogP contribution in [-0.2, 0) is 0 Å². The van der Waals surface area contributed by atoms with E-state index in [1.807, 2.05) is 11.3 Å². The minimum Gasteiger partial charge on any atom is -0.330 e. The third-order valence-electron chi connectivity index (χ3n) is 4.82. The zero-order valence-corrected chi connectivity index (χ0v) is 13.4. The van der Waals surface area contributed by atoms with Gasteiger partial charge in [0.25, 0.3) is 0 Å². The van der Waals surface area contributed by atoms with Crippen LogP contribution < -0.4 is 5.73 Å². The van der Waals surface area contributed by atoms with Crippen LogP contribution in [0.25, 0.3) is 0 Å². The molecular weight excluding hydrogens is 252 g/mol. The molecule has 2 rings (SSSR count). The predicted octanol–water partition coefficient (Wildman–Crippen LogP) is 3.90. The topological polar surface area (TPSA) is 29.3 Å². The predicted molar refractivity (Wildman–Crippen MR) is 84.5 cm³/mol. The van der Waals surface area contributed by atoms with Gasteiger partial charge in [0.2, 0.25) is 0 Å². The van der Waals surface area contributed by atoms with Gasteiger partial charge >= 0.3 is 0 Å². The van der Waals surface area contributed by atoms with Gasteiger partial charge < -0.3 is 5.73 Å². The highest BCUT2D eigenvalue weighted by molar-refractivity contribution is 7.10. The molecule has 1 aromatic heterocycles. The summed E-state index contributed by atoms with van der Waals surface area (Å²) in [7, 11) is 2.25. The van der Waals surface area contributed by atoms with Crippen LogP contribution in [-0.4, -0.2) is 25.0 Å². The second-order valence-electron chi connectivity index (χ2n) is 6.51. The molecule has 2 N–H and O–H groups in total. The van der Waals surface area contributed by atoms with Gasteiger partial charge in [0.15, 0.2) is 0 Å². The van der Waals surface area contributed by atoms with Crippen molar-refractivity contribution in [3.63, 3.8) is 0 Å². The minimum absolute atomic E-state index is 0.345. The standard InChI is InChI=1S/C16H28N2S/c1-13-6-4-8-16(10-13,11-17)12-18(3)14(2)15-7-5-9-19-15/h5,7,9,13-14H,4,6,8,10-12,17H2,1-3H3. The van der Waals surface area contributed by atoms with Gasteiger partial charge in [-0.1, -0.05) is 25.8 Å². The summed E-state index contributed by atoms with van der Waals surface area (Å²) < 4.78 is 0. The van der Waals surface area contributed by atoms with Crippen LogP contribution in [0.2, 0.25) is 0 Å². The van der Waals surface area contributed by atoms with Crippen molar-refractivity contribution in [1.82, 2.24) is 4.90 Å². The summed E-state index contributed by atoms with van der Waals surface area (Å²) in [5.74, 6) is 0.836. The molecule has 2 nitrogen and oxygen atoms in total. The van der Waals surface area contributed by atoms with Gasteiger partial charge in [0.05, 0.1) is 0 Å². The lowest BCUT2D eigenvalue weighted by Gasteiger charge is -2.43. The van der Waals surface area contributed by atoms with E-state index in [4.69, 9.17) is 5.73 Å². The first-order chi connectivity index (χ1) is 9.06. The molecule has 0 aromatic carbocycles. The summed E-state index contributed by atoms with van der Waals surface area (Å²) >= 11 is 1.86. The fourth-order valence-electron chi connectivity index (χ4n) is 3.57. The molecule has 1 saturated carbocycles. The largest absolute Gasteiger partial charge is 0.330 e. The molecule has 1 heterocycles. The van der Waals surface area contributed by atoms with E-state index in [1.54, 1.807) is 0 Å². The van der Waals surface area contributed by atoms with Crippen molar-refractivity contribution < 1.29 is 0 Å². The zero-order chi connectivity index (χ0) is 13.9. The molecule has 1 aliphatic carbocycles. The molecule has 0 saturated heterocycles. The maximum atomic E-state index is 6.14. The Morgan fingerprint density at radius 3 is 2.95 bits per heavy atom. The maximum absolute atomic E-state index is 6.14. The first-order valence-electron chi connectivity index (χ1n) is 7.50. The number of rotatable bonds is 5. The van der Waals surface area contributed by atoms with Crippen molar-refractivity contribution in [2.24, 2.45) is 17.1 Å². The Labute approximate surface area is 122 Å². The minimum atomic E-state index is 0.345. The molecule has 1 aliphatic rings. The summed E-state index contributed by atoms with van der Waals surface area (Å²) in [5.41, 5.74) is 6.49. The van der Waals surface area contributed by atoms with Gasteiger partial charge in [-0.25, -0.2) is 0 Å². The molecule has 0 aliphatic heterocycles. The Bertz CT molecular complexity index is 376. The van der Waals surface area contributed by atoms with Crippen molar-refractivity contribution >= 4 is 11.3 Å². The fraction of sp³-hybridized carbons (Fsp3) is 0.750. The monoisotopic (exact) mass is 280 g/mol. The quantitative estimate of drug-likeness (QED) is 0.886. The fourth-order valence-corrected chi connectivity index (χ4v) is 4.42. The number of nitrogens with two attached hydrogens (primary N) is 1. The van der Waals surface area contributed by atoms with Crippen LogP contribution in [0.4, 0.5) is 0 Å². The van der Waals surface area contributed by atoms with E-state index in [-0.39, 0.29) is 0 Å². The van der Waals surface area contributed by atoms with Gasteiger partial charge in [-0.05, 0) is 56.1 Å². The molecule has 3 heteroatoms. The van der Waals surface area contributed by atoms with E-state index in [0.29, 0.717) is 11.5 Å². The second-order valence-corrected chi connectivity index (χ2v) is 7.49. The van der Waals surface area contributed by atoms with Crippen molar-refractivity contribution in [2.45, 2.75) is 45.6 Å². The molecule has 1 aromatic rings. The number of hydrogen-bond acceptors (Lipinski definition) is 3. The normalized spacial score (nSPS) is 29.6. The van der Waals surface area contributed by atoms with Gasteiger partial charge in [0.1, 0.15) is 0 Å². The maximum Gasteiger partial charge on any atom is 0.0410 e. The van der Waals surface area contributed by atoms with E-state index < -0.39 is 0 Å². The van der Waals surface area contributed by atoms with Crippen molar-refractivity contribution in [3.05, 3.63) is 22.4 Å². The molecule has 0 amide bonds. The van der Waals surface area contributed by atoms with Crippen LogP contribution in [0.1, 0.15) is 50.4 Å². The second kappa shape index (κ2) is 6.38. The van der Waals surface area contributed by atoms with E-state index >= 15 is 0 Å². The first kappa shape index (κ1) is 15.0. The number of hydrogen-bond donors (Lipinski definition) is 1. The van der Waals surface area contributed by atoms with Gasteiger partial charge in [-0.15, -0.1) is 11.3 Å². The molecule has 19 heavy (non-hydrogen) atoms. The molecule has 3 atom stereocenters. The summed E-state index contributed by atoms with van der Waals surface area (Å²) in [6.07, 6.45) is 5.33. The van der Waals surface area contributed by atoms with Gasteiger partial charge in [0, 0.05) is 17.5 Å². The van der Waals surface area contributed by atoms with Crippen molar-refractivity contribution in [1.29, 1.82) is 0 Å². The Kier molecular flexibility index (Phi) is 5.04. The summed E-state index contributed by atoms with van der Waals surface area (Å²) in [6.45, 7) is 6.65. The summed E-state index contributed by atoms with van der Waals surface area (Å²) in [4.78, 5) is 3.95. The zero-order valence-electron chi connectivity index (χ0n) is 12.6. The highest BCUT2D eigenvalue weighted by Gasteiger charge is 2.35. The molecule has 0 bridgehead atoms. The Morgan fingerprint density at radius 2 is 2.37 bits per heavy atom. The van der Waals surface area contributed by atoms with Crippen molar-refractivity contribution in [2.75, 3.05) is 20.1 Å². The lowest BCUT2D eigenvalue weighted by molar-refractivity contribution is 0.0846. The van der Waals surface area contributed by atoms with Crippen LogP contribution in [0.5, 0.6) is 0 Å². The lowest BCUT2D eigenvalue weighted by Crippen LogP contribution is -2.44. The van der Waals surface area contributed by atoms with E-state index in [1.165, 1.54) is 30.6 Å². The van der Waals surface area contributed by atoms with Gasteiger partial charge in [-0.2, -0.15) is 0 Å². The SMILES string of the molecule is CC1CCCC(CN)(CN(C)C(C)c2cccs2)C1. The van der Waals surface area contributed by atoms with Crippen molar-refractivity contribution in [3.8, 4) is 0 Å². The van der Waals surface area contributed by atoms with E-state index in [0.717, 1.165) is 19.0 Å². The van der Waals surface area contributed by atoms with Crippen LogP contribution in [0.15, 0.2) is 17.5 Å². The van der Waals surface area contributed by atoms with E-state index in [2.05, 4.69) is 43.3 Å². The number of thiophene rings is 1. The summed E-state index contributed by atoms with van der Waals surface area (Å²) in [5, 5.41) is 2.17. The average molecular weight is 280 g/mol. The Balaban J connectivity index is 2.01. The Morgan fingerprint density at radius 1 is 1.58 bits per heavy atom. The third-order valence-corrected chi connectivity index (χ3v) is 5.86. The lowest BCUT2D eigenvalue weighted by atomic mass is 9.69. The van der Waals surface area contributed by atoms with Crippen LogP contribution in [0.3, 0.4) is 0 Å². The highest BCUT2D eigenvalue weighted by atomic mass is 32.1. The molecule has 108 valence electrons. The van der Waals surface area contributed by atoms with Gasteiger partial charge in [-0.3, -0.25) is 4.90 Å². The summed E-state index contributed by atoms with van der Waals surface area (Å²) in [6, 6.07) is 4.89. The number of nitrogens with zero attached hydrogens (tertiary/aromatic N) is 1. The molecule has 0 radical (unpaired) electrons. The van der Waals surface area contributed by atoms with Crippen LogP contribution >= 0.6 is 11.3 Å². The molecule has 0 spiro atoms. The molecular formula is C16H28N2S. The van der Waals surface area contributed by atoms with E-state index in [9.17, 15) is 0 Å². The van der Waals surface area contributed by atoms with Crippen LogP contribution in [0, 0.1) is 11.3 Å². The molecule has 3 unspecified atom stereocenters. The molecule has 1 fully saturated rings. The average Bonchev–Trinajstić information content (AvgIpc) is 2.91. The highest BCUT2D eigenvalue weighted by Crippen LogP contribution is 2.40. The Hall–Kier alpha value is -0.380. The third kappa shape index (κ3) is 3.59. The first-order valence-corrected chi connectivity index (χ1v) is 8.38.